The summed E-state index contributed by atoms with van der Waals surface area (Å²) in [7, 11) is 0. The number of hydrogen-bond donors (Lipinski definition) is 0. The highest BCUT2D eigenvalue weighted by molar-refractivity contribution is 9.09. The lowest BCUT2D eigenvalue weighted by Crippen LogP contribution is -2.52. The van der Waals surface area contributed by atoms with E-state index in [0.29, 0.717) is 4.83 Å². The molecule has 0 spiro atoms. The van der Waals surface area contributed by atoms with Crippen LogP contribution in [-0.2, 0) is 9.53 Å². The minimum absolute atomic E-state index is 0.0556. The number of ether oxygens (including phenoxy) is 1. The molecule has 0 saturated heterocycles. The maximum atomic E-state index is 10.6. The first kappa shape index (κ1) is 9.04. The summed E-state index contributed by atoms with van der Waals surface area (Å²) in [6.07, 6.45) is 1.13. The Morgan fingerprint density at radius 3 is 2.36 bits per heavy atom. The van der Waals surface area contributed by atoms with Crippen molar-refractivity contribution < 1.29 is 9.53 Å². The minimum atomic E-state index is -0.188. The summed E-state index contributed by atoms with van der Waals surface area (Å²) in [6.45, 7) is 5.67. The van der Waals surface area contributed by atoms with Crippen LogP contribution < -0.4 is 0 Å². The zero-order chi connectivity index (χ0) is 8.65. The highest BCUT2D eigenvalue weighted by Crippen LogP contribution is 2.46. The normalized spacial score (nSPS) is 34.2. The van der Waals surface area contributed by atoms with Gasteiger partial charge >= 0.3 is 5.97 Å². The predicted molar refractivity (Wildman–Crippen MR) is 46.7 cm³/mol. The van der Waals surface area contributed by atoms with E-state index in [4.69, 9.17) is 4.74 Å². The standard InChI is InChI=1S/C8H13BrO2/c1-5(10)11-7-6(9)4-8(7,2)3/h6-7H,4H2,1-3H3/t6-,7+/m1/s1. The van der Waals surface area contributed by atoms with Crippen molar-refractivity contribution >= 4 is 21.9 Å². The van der Waals surface area contributed by atoms with E-state index < -0.39 is 0 Å². The smallest absolute Gasteiger partial charge is 0.302 e. The second kappa shape index (κ2) is 2.77. The number of carbonyl (C=O) groups is 1. The van der Waals surface area contributed by atoms with Crippen molar-refractivity contribution in [2.24, 2.45) is 5.41 Å². The van der Waals surface area contributed by atoms with Crippen LogP contribution in [0.1, 0.15) is 27.2 Å². The van der Waals surface area contributed by atoms with Gasteiger partial charge in [0.05, 0.1) is 4.83 Å². The SMILES string of the molecule is CC(=O)O[C@H]1[C@H](Br)CC1(C)C. The van der Waals surface area contributed by atoms with Gasteiger partial charge in [0, 0.05) is 12.3 Å². The Balaban J connectivity index is 2.50. The molecule has 0 bridgehead atoms. The summed E-state index contributed by atoms with van der Waals surface area (Å²) in [5.41, 5.74) is 0.153. The quantitative estimate of drug-likeness (QED) is 0.500. The van der Waals surface area contributed by atoms with Crippen LogP contribution in [0.3, 0.4) is 0 Å². The Morgan fingerprint density at radius 2 is 2.18 bits per heavy atom. The molecule has 1 aliphatic rings. The van der Waals surface area contributed by atoms with Gasteiger partial charge in [-0.1, -0.05) is 29.8 Å². The molecule has 3 heteroatoms. The Labute approximate surface area is 75.4 Å². The van der Waals surface area contributed by atoms with Crippen molar-refractivity contribution in [3.8, 4) is 0 Å². The first-order chi connectivity index (χ1) is 4.93. The van der Waals surface area contributed by atoms with Gasteiger partial charge in [-0.05, 0) is 6.42 Å². The molecular formula is C8H13BrO2. The van der Waals surface area contributed by atoms with Gasteiger partial charge < -0.3 is 4.74 Å². The zero-order valence-corrected chi connectivity index (χ0v) is 8.64. The summed E-state index contributed by atoms with van der Waals surface area (Å²) < 4.78 is 5.13. The number of hydrogen-bond acceptors (Lipinski definition) is 2. The Kier molecular flexibility index (Phi) is 2.28. The fourth-order valence-electron chi connectivity index (χ4n) is 1.47. The number of carbonyl (C=O) groups excluding carboxylic acids is 1. The second-order valence-corrected chi connectivity index (χ2v) is 4.91. The topological polar surface area (TPSA) is 26.3 Å². The molecule has 1 fully saturated rings. The lowest BCUT2D eigenvalue weighted by Gasteiger charge is -2.47. The Bertz CT molecular complexity index is 177. The van der Waals surface area contributed by atoms with Crippen molar-refractivity contribution in [2.75, 3.05) is 0 Å². The van der Waals surface area contributed by atoms with Gasteiger partial charge in [0.15, 0.2) is 0 Å². The Morgan fingerprint density at radius 1 is 1.64 bits per heavy atom. The van der Waals surface area contributed by atoms with Crippen LogP contribution in [0.15, 0.2) is 0 Å². The zero-order valence-electron chi connectivity index (χ0n) is 7.06. The van der Waals surface area contributed by atoms with E-state index in [0.717, 1.165) is 6.42 Å². The first-order valence-electron chi connectivity index (χ1n) is 3.75. The van der Waals surface area contributed by atoms with Gasteiger partial charge in [0.2, 0.25) is 0 Å². The summed E-state index contributed by atoms with van der Waals surface area (Å²) in [4.78, 5) is 11.0. The van der Waals surface area contributed by atoms with Crippen LogP contribution in [0, 0.1) is 5.41 Å². The van der Waals surface area contributed by atoms with Crippen molar-refractivity contribution in [1.82, 2.24) is 0 Å². The van der Waals surface area contributed by atoms with Gasteiger partial charge in [0.25, 0.3) is 0 Å². The molecule has 0 radical (unpaired) electrons. The molecule has 0 unspecified atom stereocenters. The van der Waals surface area contributed by atoms with E-state index in [1.165, 1.54) is 6.92 Å². The monoisotopic (exact) mass is 220 g/mol. The Hall–Kier alpha value is -0.0500. The van der Waals surface area contributed by atoms with Crippen LogP contribution in [0.25, 0.3) is 0 Å². The summed E-state index contributed by atoms with van der Waals surface area (Å²) >= 11 is 3.45. The van der Waals surface area contributed by atoms with Gasteiger partial charge in [0.1, 0.15) is 6.10 Å². The molecule has 11 heavy (non-hydrogen) atoms. The highest BCUT2D eigenvalue weighted by Gasteiger charge is 2.48. The molecular weight excluding hydrogens is 208 g/mol. The maximum absolute atomic E-state index is 10.6. The van der Waals surface area contributed by atoms with E-state index >= 15 is 0 Å². The van der Waals surface area contributed by atoms with Crippen molar-refractivity contribution in [1.29, 1.82) is 0 Å². The molecule has 0 aliphatic heterocycles. The molecule has 0 aromatic heterocycles. The number of alkyl halides is 1. The van der Waals surface area contributed by atoms with Crippen LogP contribution in [0.2, 0.25) is 0 Å². The predicted octanol–water partition coefficient (Wildman–Crippen LogP) is 2.11. The molecule has 0 N–H and O–H groups in total. The molecule has 64 valence electrons. The molecule has 0 amide bonds. The molecule has 1 rings (SSSR count). The number of esters is 1. The third kappa shape index (κ3) is 1.75. The lowest BCUT2D eigenvalue weighted by molar-refractivity contribution is -0.160. The average molecular weight is 221 g/mol. The van der Waals surface area contributed by atoms with Gasteiger partial charge in [-0.25, -0.2) is 0 Å². The molecule has 1 aliphatic carbocycles. The largest absolute Gasteiger partial charge is 0.461 e. The van der Waals surface area contributed by atoms with E-state index in [1.54, 1.807) is 0 Å². The van der Waals surface area contributed by atoms with E-state index in [2.05, 4.69) is 29.8 Å². The van der Waals surface area contributed by atoms with Crippen molar-refractivity contribution in [2.45, 2.75) is 38.1 Å². The third-order valence-corrected chi connectivity index (χ3v) is 2.92. The maximum Gasteiger partial charge on any atom is 0.302 e. The summed E-state index contributed by atoms with van der Waals surface area (Å²) in [6, 6.07) is 0. The van der Waals surface area contributed by atoms with Crippen LogP contribution in [0.4, 0.5) is 0 Å². The molecule has 2 atom stereocenters. The van der Waals surface area contributed by atoms with Crippen LogP contribution >= 0.6 is 15.9 Å². The van der Waals surface area contributed by atoms with E-state index in [9.17, 15) is 4.79 Å². The van der Waals surface area contributed by atoms with Crippen molar-refractivity contribution in [3.63, 3.8) is 0 Å². The van der Waals surface area contributed by atoms with Crippen LogP contribution in [-0.4, -0.2) is 16.9 Å². The number of halogens is 1. The molecule has 0 aromatic carbocycles. The molecule has 1 saturated carbocycles. The van der Waals surface area contributed by atoms with E-state index in [1.807, 2.05) is 0 Å². The average Bonchev–Trinajstić information content (AvgIpc) is 1.82. The van der Waals surface area contributed by atoms with E-state index in [-0.39, 0.29) is 17.5 Å². The van der Waals surface area contributed by atoms with Gasteiger partial charge in [-0.15, -0.1) is 0 Å². The molecule has 2 nitrogen and oxygen atoms in total. The van der Waals surface area contributed by atoms with Gasteiger partial charge in [-0.2, -0.15) is 0 Å². The van der Waals surface area contributed by atoms with Crippen molar-refractivity contribution in [3.05, 3.63) is 0 Å². The number of rotatable bonds is 1. The fraction of sp³-hybridized carbons (Fsp3) is 0.875. The van der Waals surface area contributed by atoms with Crippen LogP contribution in [0.5, 0.6) is 0 Å². The fourth-order valence-corrected chi connectivity index (χ4v) is 3.12. The highest BCUT2D eigenvalue weighted by atomic mass is 79.9. The summed E-state index contributed by atoms with van der Waals surface area (Å²) in [5, 5.41) is 0. The first-order valence-corrected chi connectivity index (χ1v) is 4.66. The molecule has 0 heterocycles. The molecule has 0 aromatic rings. The summed E-state index contributed by atoms with van der Waals surface area (Å²) in [5.74, 6) is -0.188. The minimum Gasteiger partial charge on any atom is -0.461 e. The van der Waals surface area contributed by atoms with Gasteiger partial charge in [-0.3, -0.25) is 4.79 Å². The third-order valence-electron chi connectivity index (χ3n) is 2.11. The lowest BCUT2D eigenvalue weighted by atomic mass is 9.69. The second-order valence-electron chi connectivity index (χ2n) is 3.74.